The highest BCUT2D eigenvalue weighted by atomic mass is 16.1. The molecule has 0 bridgehead atoms. The van der Waals surface area contributed by atoms with Gasteiger partial charge in [-0.05, 0) is 30.9 Å². The van der Waals surface area contributed by atoms with Gasteiger partial charge in [0.15, 0.2) is 0 Å². The first-order valence-electron chi connectivity index (χ1n) is 9.59. The lowest BCUT2D eigenvalue weighted by Gasteiger charge is -2.23. The summed E-state index contributed by atoms with van der Waals surface area (Å²) in [4.78, 5) is 21.1. The molecule has 1 amide bonds. The number of hydrogen-bond donors (Lipinski definition) is 2. The molecule has 1 aliphatic rings. The van der Waals surface area contributed by atoms with Gasteiger partial charge in [0.25, 0.3) is 5.91 Å². The molecule has 0 unspecified atom stereocenters. The molecule has 1 aromatic carbocycles. The predicted octanol–water partition coefficient (Wildman–Crippen LogP) is 4.27. The summed E-state index contributed by atoms with van der Waals surface area (Å²) >= 11 is 0. The molecule has 0 atom stereocenters. The molecule has 26 heavy (non-hydrogen) atoms. The van der Waals surface area contributed by atoms with Crippen molar-refractivity contribution in [2.45, 2.75) is 52.0 Å². The zero-order valence-corrected chi connectivity index (χ0v) is 15.7. The van der Waals surface area contributed by atoms with Gasteiger partial charge in [-0.2, -0.15) is 0 Å². The lowest BCUT2D eigenvalue weighted by atomic mass is 9.95. The minimum absolute atomic E-state index is 0.0461. The Kier molecular flexibility index (Phi) is 6.21. The Hall–Kier alpha value is -2.43. The quantitative estimate of drug-likeness (QED) is 0.814. The van der Waals surface area contributed by atoms with Gasteiger partial charge in [-0.3, -0.25) is 4.79 Å². The minimum Gasteiger partial charge on any atom is -0.367 e. The van der Waals surface area contributed by atoms with Crippen LogP contribution in [0.4, 0.5) is 5.82 Å². The second-order valence-corrected chi connectivity index (χ2v) is 7.45. The fourth-order valence-electron chi connectivity index (χ4n) is 3.27. The van der Waals surface area contributed by atoms with Gasteiger partial charge in [0.1, 0.15) is 12.1 Å². The van der Waals surface area contributed by atoms with Gasteiger partial charge in [-0.1, -0.05) is 45.2 Å². The highest BCUT2D eigenvalue weighted by Crippen LogP contribution is 2.23. The third kappa shape index (κ3) is 5.04. The van der Waals surface area contributed by atoms with Gasteiger partial charge in [-0.25, -0.2) is 9.97 Å². The number of hydrogen-bond acceptors (Lipinski definition) is 4. The van der Waals surface area contributed by atoms with Crippen molar-refractivity contribution in [2.24, 2.45) is 5.92 Å². The average Bonchev–Trinajstić information content (AvgIpc) is 2.67. The number of benzene rings is 1. The largest absolute Gasteiger partial charge is 0.367 e. The van der Waals surface area contributed by atoms with E-state index < -0.39 is 0 Å². The Morgan fingerprint density at radius 2 is 1.96 bits per heavy atom. The van der Waals surface area contributed by atoms with Gasteiger partial charge in [0.05, 0.1) is 5.69 Å². The molecule has 2 N–H and O–H groups in total. The molecule has 1 aliphatic carbocycles. The van der Waals surface area contributed by atoms with Gasteiger partial charge in [0.2, 0.25) is 0 Å². The van der Waals surface area contributed by atoms with Gasteiger partial charge < -0.3 is 10.6 Å². The van der Waals surface area contributed by atoms with E-state index in [0.29, 0.717) is 24.1 Å². The van der Waals surface area contributed by atoms with Crippen molar-refractivity contribution < 1.29 is 4.79 Å². The molecule has 5 heteroatoms. The number of aromatic nitrogens is 2. The van der Waals surface area contributed by atoms with Crippen LogP contribution in [0.15, 0.2) is 36.7 Å². The fraction of sp³-hybridized carbons (Fsp3) is 0.476. The van der Waals surface area contributed by atoms with E-state index in [-0.39, 0.29) is 5.91 Å². The molecule has 138 valence electrons. The van der Waals surface area contributed by atoms with Gasteiger partial charge >= 0.3 is 0 Å². The topological polar surface area (TPSA) is 66.9 Å². The SMILES string of the molecule is CC(C)CNC(=O)c1cccc(-c2cc(NC3CCCCC3)ncn2)c1. The van der Waals surface area contributed by atoms with E-state index in [9.17, 15) is 4.79 Å². The Morgan fingerprint density at radius 3 is 2.73 bits per heavy atom. The van der Waals surface area contributed by atoms with Gasteiger partial charge in [-0.15, -0.1) is 0 Å². The Balaban J connectivity index is 1.73. The Morgan fingerprint density at radius 1 is 1.15 bits per heavy atom. The summed E-state index contributed by atoms with van der Waals surface area (Å²) in [6.45, 7) is 4.84. The van der Waals surface area contributed by atoms with E-state index >= 15 is 0 Å². The first kappa shape index (κ1) is 18.4. The zero-order valence-electron chi connectivity index (χ0n) is 15.7. The number of amides is 1. The lowest BCUT2D eigenvalue weighted by Crippen LogP contribution is -2.27. The van der Waals surface area contributed by atoms with Crippen molar-refractivity contribution >= 4 is 11.7 Å². The maximum absolute atomic E-state index is 12.3. The number of nitrogens with zero attached hydrogens (tertiary/aromatic N) is 2. The summed E-state index contributed by atoms with van der Waals surface area (Å²) in [5, 5.41) is 6.49. The number of anilines is 1. The summed E-state index contributed by atoms with van der Waals surface area (Å²) in [6, 6.07) is 10.1. The maximum atomic E-state index is 12.3. The monoisotopic (exact) mass is 352 g/mol. The molecule has 3 rings (SSSR count). The van der Waals surface area contributed by atoms with E-state index in [4.69, 9.17) is 0 Å². The van der Waals surface area contributed by atoms with Crippen LogP contribution in [0.5, 0.6) is 0 Å². The summed E-state index contributed by atoms with van der Waals surface area (Å²) in [5.41, 5.74) is 2.41. The van der Waals surface area contributed by atoms with Crippen LogP contribution < -0.4 is 10.6 Å². The van der Waals surface area contributed by atoms with E-state index in [1.54, 1.807) is 6.33 Å². The van der Waals surface area contributed by atoms with Crippen molar-refractivity contribution in [3.05, 3.63) is 42.2 Å². The molecular weight excluding hydrogens is 324 g/mol. The third-order valence-electron chi connectivity index (χ3n) is 4.72. The molecule has 0 aliphatic heterocycles. The van der Waals surface area contributed by atoms with Crippen LogP contribution in [0.2, 0.25) is 0 Å². The molecule has 2 aromatic rings. The molecule has 1 aromatic heterocycles. The van der Waals surface area contributed by atoms with E-state index in [0.717, 1.165) is 17.1 Å². The maximum Gasteiger partial charge on any atom is 0.251 e. The minimum atomic E-state index is -0.0461. The van der Waals surface area contributed by atoms with Crippen LogP contribution in [-0.4, -0.2) is 28.5 Å². The summed E-state index contributed by atoms with van der Waals surface area (Å²) in [5.74, 6) is 1.24. The number of carbonyl (C=O) groups excluding carboxylic acids is 1. The number of carbonyl (C=O) groups is 1. The van der Waals surface area contributed by atoms with Crippen molar-refractivity contribution in [3.63, 3.8) is 0 Å². The predicted molar refractivity (Wildman–Crippen MR) is 105 cm³/mol. The van der Waals surface area contributed by atoms with E-state index in [1.165, 1.54) is 32.1 Å². The average molecular weight is 352 g/mol. The van der Waals surface area contributed by atoms with E-state index in [2.05, 4.69) is 34.4 Å². The third-order valence-corrected chi connectivity index (χ3v) is 4.72. The standard InChI is InChI=1S/C21H28N4O/c1-15(2)13-22-21(26)17-8-6-7-16(11-17)19-12-20(24-14-23-19)25-18-9-4-3-5-10-18/h6-8,11-12,14-15,18H,3-5,9-10,13H2,1-2H3,(H,22,26)(H,23,24,25). The number of nitrogens with one attached hydrogen (secondary N) is 2. The molecule has 5 nitrogen and oxygen atoms in total. The molecule has 0 saturated heterocycles. The first-order chi connectivity index (χ1) is 12.6. The molecule has 0 radical (unpaired) electrons. The van der Waals surface area contributed by atoms with E-state index in [1.807, 2.05) is 30.3 Å². The van der Waals surface area contributed by atoms with Crippen molar-refractivity contribution in [1.29, 1.82) is 0 Å². The molecule has 1 saturated carbocycles. The van der Waals surface area contributed by atoms with Crippen molar-refractivity contribution in [3.8, 4) is 11.3 Å². The second-order valence-electron chi connectivity index (χ2n) is 7.45. The second kappa shape index (κ2) is 8.79. The zero-order chi connectivity index (χ0) is 18.4. The normalized spacial score (nSPS) is 15.0. The van der Waals surface area contributed by atoms with Crippen molar-refractivity contribution in [2.75, 3.05) is 11.9 Å². The molecule has 1 heterocycles. The van der Waals surface area contributed by atoms with Crippen LogP contribution in [0.1, 0.15) is 56.3 Å². The lowest BCUT2D eigenvalue weighted by molar-refractivity contribution is 0.0949. The summed E-state index contributed by atoms with van der Waals surface area (Å²) in [7, 11) is 0. The summed E-state index contributed by atoms with van der Waals surface area (Å²) in [6.07, 6.45) is 7.88. The van der Waals surface area contributed by atoms with Crippen molar-refractivity contribution in [1.82, 2.24) is 15.3 Å². The van der Waals surface area contributed by atoms with Crippen LogP contribution in [0, 0.1) is 5.92 Å². The smallest absolute Gasteiger partial charge is 0.251 e. The summed E-state index contributed by atoms with van der Waals surface area (Å²) < 4.78 is 0. The van der Waals surface area contributed by atoms with Gasteiger partial charge in [0, 0.05) is 29.8 Å². The highest BCUT2D eigenvalue weighted by molar-refractivity contribution is 5.95. The van der Waals surface area contributed by atoms with Crippen LogP contribution >= 0.6 is 0 Å². The molecule has 0 spiro atoms. The highest BCUT2D eigenvalue weighted by Gasteiger charge is 2.14. The van der Waals surface area contributed by atoms with Crippen LogP contribution in [0.25, 0.3) is 11.3 Å². The first-order valence-corrected chi connectivity index (χ1v) is 9.59. The van der Waals surface area contributed by atoms with Crippen LogP contribution in [0.3, 0.4) is 0 Å². The molecular formula is C21H28N4O. The Bertz CT molecular complexity index is 738. The number of rotatable bonds is 6. The van der Waals surface area contributed by atoms with Crippen LogP contribution in [-0.2, 0) is 0 Å². The Labute approximate surface area is 155 Å². The fourth-order valence-corrected chi connectivity index (χ4v) is 3.27. The molecule has 1 fully saturated rings.